The molecule has 3 amide bonds. The third-order valence-electron chi connectivity index (χ3n) is 6.34. The van der Waals surface area contributed by atoms with Crippen molar-refractivity contribution < 1.29 is 14.4 Å². The van der Waals surface area contributed by atoms with Crippen molar-refractivity contribution in [2.45, 2.75) is 51.2 Å². The van der Waals surface area contributed by atoms with Crippen molar-refractivity contribution in [3.63, 3.8) is 0 Å². The molecule has 2 aromatic carbocycles. The minimum Gasteiger partial charge on any atom is -0.334 e. The van der Waals surface area contributed by atoms with Crippen molar-refractivity contribution in [3.8, 4) is 0 Å². The standard InChI is InChI=1S/C25H29ClN4O3/c1-17(31)27-19-10-11-21(20(26)14-19)28-24(32)16-29-13-12-23-22(29)8-5-9-25(33)30(23)15-18-6-3-2-4-7-18/h2-4,6-7,10-11,14,22-23H,5,8-9,12-13,15-16H2,1H3,(H,27,31)(H,28,32)/t22-,23-/m0/s1. The van der Waals surface area contributed by atoms with Crippen molar-refractivity contribution in [2.75, 3.05) is 23.7 Å². The lowest BCUT2D eigenvalue weighted by Crippen LogP contribution is -2.47. The van der Waals surface area contributed by atoms with Gasteiger partial charge in [-0.3, -0.25) is 19.3 Å². The second-order valence-corrected chi connectivity index (χ2v) is 9.12. The molecule has 2 aromatic rings. The van der Waals surface area contributed by atoms with Gasteiger partial charge in [-0.25, -0.2) is 0 Å². The monoisotopic (exact) mass is 468 g/mol. The molecule has 0 saturated carbocycles. The Morgan fingerprint density at radius 2 is 1.85 bits per heavy atom. The summed E-state index contributed by atoms with van der Waals surface area (Å²) in [6.45, 7) is 3.06. The fourth-order valence-electron chi connectivity index (χ4n) is 4.88. The number of halogens is 1. The van der Waals surface area contributed by atoms with E-state index in [1.54, 1.807) is 18.2 Å². The predicted molar refractivity (Wildman–Crippen MR) is 129 cm³/mol. The molecule has 2 heterocycles. The van der Waals surface area contributed by atoms with Crippen molar-refractivity contribution >= 4 is 40.7 Å². The van der Waals surface area contributed by atoms with Crippen LogP contribution in [0.3, 0.4) is 0 Å². The molecule has 0 radical (unpaired) electrons. The summed E-state index contributed by atoms with van der Waals surface area (Å²) in [5.74, 6) is -0.131. The molecule has 8 heteroatoms. The van der Waals surface area contributed by atoms with Gasteiger partial charge in [0.05, 0.1) is 17.3 Å². The molecule has 2 aliphatic rings. The van der Waals surface area contributed by atoms with E-state index in [2.05, 4.69) is 15.5 Å². The Hall–Kier alpha value is -2.90. The number of carbonyl (C=O) groups excluding carboxylic acids is 3. The number of carbonyl (C=O) groups is 3. The first-order chi connectivity index (χ1) is 15.9. The third kappa shape index (κ3) is 5.72. The maximum absolute atomic E-state index is 12.9. The Labute approximate surface area is 199 Å². The summed E-state index contributed by atoms with van der Waals surface area (Å²) in [5.41, 5.74) is 2.21. The van der Waals surface area contributed by atoms with Crippen molar-refractivity contribution in [2.24, 2.45) is 0 Å². The zero-order chi connectivity index (χ0) is 23.4. The Bertz CT molecular complexity index is 1030. The molecular weight excluding hydrogens is 440 g/mol. The minimum absolute atomic E-state index is 0.119. The lowest BCUT2D eigenvalue weighted by molar-refractivity contribution is -0.133. The number of amides is 3. The quantitative estimate of drug-likeness (QED) is 0.673. The van der Waals surface area contributed by atoms with E-state index in [0.717, 1.165) is 31.4 Å². The highest BCUT2D eigenvalue weighted by Gasteiger charge is 2.41. The van der Waals surface area contributed by atoms with Gasteiger partial charge in [0.1, 0.15) is 0 Å². The molecule has 2 saturated heterocycles. The number of benzene rings is 2. The maximum Gasteiger partial charge on any atom is 0.238 e. The lowest BCUT2D eigenvalue weighted by atomic mass is 10.0. The SMILES string of the molecule is CC(=O)Nc1ccc(NC(=O)CN2CC[C@H]3[C@@H]2CCCC(=O)N3Cc2ccccc2)c(Cl)c1. The van der Waals surface area contributed by atoms with E-state index in [0.29, 0.717) is 29.4 Å². The van der Waals surface area contributed by atoms with Crippen LogP contribution in [-0.2, 0) is 20.9 Å². The second-order valence-electron chi connectivity index (χ2n) is 8.72. The first-order valence-corrected chi connectivity index (χ1v) is 11.7. The number of hydrogen-bond donors (Lipinski definition) is 2. The fourth-order valence-corrected chi connectivity index (χ4v) is 5.11. The summed E-state index contributed by atoms with van der Waals surface area (Å²) in [6.07, 6.45) is 3.15. The topological polar surface area (TPSA) is 81.8 Å². The largest absolute Gasteiger partial charge is 0.334 e. The molecule has 2 N–H and O–H groups in total. The van der Waals surface area contributed by atoms with Gasteiger partial charge in [0.25, 0.3) is 0 Å². The molecule has 0 aliphatic carbocycles. The first kappa shape index (κ1) is 23.3. The molecule has 2 fully saturated rings. The number of likely N-dealkylation sites (tertiary alicyclic amines) is 2. The van der Waals surface area contributed by atoms with Gasteiger partial charge in [-0.05, 0) is 43.0 Å². The molecule has 4 rings (SSSR count). The number of anilines is 2. The molecule has 2 atom stereocenters. The molecule has 0 spiro atoms. The first-order valence-electron chi connectivity index (χ1n) is 11.3. The van der Waals surface area contributed by atoms with E-state index in [1.807, 2.05) is 35.2 Å². The average molecular weight is 469 g/mol. The molecule has 0 bridgehead atoms. The summed E-state index contributed by atoms with van der Waals surface area (Å²) in [5, 5.41) is 5.92. The van der Waals surface area contributed by atoms with Gasteiger partial charge < -0.3 is 15.5 Å². The minimum atomic E-state index is -0.186. The smallest absolute Gasteiger partial charge is 0.238 e. The summed E-state index contributed by atoms with van der Waals surface area (Å²) in [7, 11) is 0. The van der Waals surface area contributed by atoms with Crippen LogP contribution in [0.2, 0.25) is 5.02 Å². The number of fused-ring (bicyclic) bond motifs is 1. The van der Waals surface area contributed by atoms with Crippen LogP contribution >= 0.6 is 11.6 Å². The van der Waals surface area contributed by atoms with Crippen LogP contribution < -0.4 is 10.6 Å². The van der Waals surface area contributed by atoms with Crippen molar-refractivity contribution in [3.05, 3.63) is 59.1 Å². The molecule has 33 heavy (non-hydrogen) atoms. The van der Waals surface area contributed by atoms with Crippen LogP contribution in [0.15, 0.2) is 48.5 Å². The van der Waals surface area contributed by atoms with E-state index < -0.39 is 0 Å². The summed E-state index contributed by atoms with van der Waals surface area (Å²) in [6, 6.07) is 15.4. The number of nitrogens with one attached hydrogen (secondary N) is 2. The van der Waals surface area contributed by atoms with Crippen LogP contribution in [0.1, 0.15) is 38.2 Å². The summed E-state index contributed by atoms with van der Waals surface area (Å²) < 4.78 is 0. The van der Waals surface area contributed by atoms with E-state index in [4.69, 9.17) is 11.6 Å². The summed E-state index contributed by atoms with van der Waals surface area (Å²) >= 11 is 6.29. The van der Waals surface area contributed by atoms with Crippen molar-refractivity contribution in [1.29, 1.82) is 0 Å². The van der Waals surface area contributed by atoms with Gasteiger partial charge in [0.2, 0.25) is 17.7 Å². The number of hydrogen-bond acceptors (Lipinski definition) is 4. The number of nitrogens with zero attached hydrogens (tertiary/aromatic N) is 2. The Kier molecular flexibility index (Phi) is 7.30. The Balaban J connectivity index is 1.40. The fraction of sp³-hybridized carbons (Fsp3) is 0.400. The molecule has 0 unspecified atom stereocenters. The molecule has 7 nitrogen and oxygen atoms in total. The van der Waals surface area contributed by atoms with E-state index in [1.165, 1.54) is 6.92 Å². The van der Waals surface area contributed by atoms with Crippen molar-refractivity contribution in [1.82, 2.24) is 9.80 Å². The highest BCUT2D eigenvalue weighted by Crippen LogP contribution is 2.32. The van der Waals surface area contributed by atoms with E-state index in [9.17, 15) is 14.4 Å². The maximum atomic E-state index is 12.9. The van der Waals surface area contributed by atoms with Gasteiger partial charge in [-0.15, -0.1) is 0 Å². The molecule has 0 aromatic heterocycles. The zero-order valence-electron chi connectivity index (χ0n) is 18.7. The van der Waals surface area contributed by atoms with Crippen LogP contribution in [0.5, 0.6) is 0 Å². The molecule has 174 valence electrons. The van der Waals surface area contributed by atoms with Crippen LogP contribution in [0.25, 0.3) is 0 Å². The lowest BCUT2D eigenvalue weighted by Gasteiger charge is -2.33. The van der Waals surface area contributed by atoms with Gasteiger partial charge in [-0.2, -0.15) is 0 Å². The van der Waals surface area contributed by atoms with Crippen LogP contribution in [0, 0.1) is 0 Å². The summed E-state index contributed by atoms with van der Waals surface area (Å²) in [4.78, 5) is 41.1. The van der Waals surface area contributed by atoms with E-state index in [-0.39, 0.29) is 36.3 Å². The van der Waals surface area contributed by atoms with Gasteiger partial charge in [0, 0.05) is 44.2 Å². The highest BCUT2D eigenvalue weighted by atomic mass is 35.5. The van der Waals surface area contributed by atoms with Gasteiger partial charge in [0.15, 0.2) is 0 Å². The Morgan fingerprint density at radius 1 is 1.06 bits per heavy atom. The van der Waals surface area contributed by atoms with E-state index >= 15 is 0 Å². The predicted octanol–water partition coefficient (Wildman–Crippen LogP) is 3.89. The zero-order valence-corrected chi connectivity index (χ0v) is 19.5. The normalized spacial score (nSPS) is 20.8. The highest BCUT2D eigenvalue weighted by molar-refractivity contribution is 6.34. The third-order valence-corrected chi connectivity index (χ3v) is 6.66. The van der Waals surface area contributed by atoms with Gasteiger partial charge in [-0.1, -0.05) is 41.9 Å². The second kappa shape index (κ2) is 10.4. The molecule has 2 aliphatic heterocycles. The average Bonchev–Trinajstić information content (AvgIpc) is 3.08. The van der Waals surface area contributed by atoms with Crippen LogP contribution in [-0.4, -0.2) is 52.7 Å². The Morgan fingerprint density at radius 3 is 2.58 bits per heavy atom. The molecular formula is C25H29ClN4O3. The number of rotatable bonds is 6. The van der Waals surface area contributed by atoms with Gasteiger partial charge >= 0.3 is 0 Å². The van der Waals surface area contributed by atoms with Crippen LogP contribution in [0.4, 0.5) is 11.4 Å².